The zero-order valence-electron chi connectivity index (χ0n) is 9.27. The van der Waals surface area contributed by atoms with Crippen molar-refractivity contribution in [2.24, 2.45) is 0 Å². The molecular weight excluding hydrogens is 230 g/mol. The molecule has 1 aromatic carbocycles. The summed E-state index contributed by atoms with van der Waals surface area (Å²) in [5.74, 6) is -2.15. The monoisotopic (exact) mass is 242 g/mol. The van der Waals surface area contributed by atoms with Gasteiger partial charge in [0, 0.05) is 17.0 Å². The van der Waals surface area contributed by atoms with Crippen molar-refractivity contribution in [2.75, 3.05) is 20.1 Å². The van der Waals surface area contributed by atoms with Gasteiger partial charge in [0.05, 0.1) is 12.5 Å². The molecule has 1 fully saturated rings. The fourth-order valence-electron chi connectivity index (χ4n) is 2.34. The molecule has 0 N–H and O–H groups in total. The maximum atomic E-state index is 13.6. The van der Waals surface area contributed by atoms with Crippen LogP contribution in [0.2, 0.25) is 0 Å². The first kappa shape index (κ1) is 11.9. The van der Waals surface area contributed by atoms with Crippen LogP contribution in [0.15, 0.2) is 18.2 Å². The Morgan fingerprint density at radius 2 is 1.94 bits per heavy atom. The number of hydrogen-bond donors (Lipinski definition) is 0. The Balaban J connectivity index is 2.41. The second-order valence-electron chi connectivity index (χ2n) is 4.32. The van der Waals surface area contributed by atoms with Gasteiger partial charge in [0.25, 0.3) is 0 Å². The Morgan fingerprint density at radius 1 is 1.35 bits per heavy atom. The van der Waals surface area contributed by atoms with Crippen molar-refractivity contribution >= 4 is 0 Å². The highest BCUT2D eigenvalue weighted by atomic mass is 19.1. The third-order valence-electron chi connectivity index (χ3n) is 3.11. The van der Waals surface area contributed by atoms with E-state index in [0.717, 1.165) is 12.1 Å². The molecule has 2 rings (SSSR count). The summed E-state index contributed by atoms with van der Waals surface area (Å²) in [6.45, 7) is 0.509. The first-order valence-corrected chi connectivity index (χ1v) is 5.26. The molecule has 1 heterocycles. The molecule has 0 aromatic heterocycles. The number of hydrogen-bond acceptors (Lipinski definition) is 3. The van der Waals surface area contributed by atoms with E-state index >= 15 is 0 Å². The minimum atomic E-state index is -0.952. The van der Waals surface area contributed by atoms with E-state index < -0.39 is 28.5 Å². The Labute approximate surface area is 97.0 Å². The van der Waals surface area contributed by atoms with Crippen LogP contribution in [0.4, 0.5) is 8.78 Å². The first-order chi connectivity index (χ1) is 8.00. The van der Waals surface area contributed by atoms with Crippen LogP contribution in [-0.2, 0) is 0 Å². The van der Waals surface area contributed by atoms with Crippen molar-refractivity contribution in [3.63, 3.8) is 0 Å². The van der Waals surface area contributed by atoms with Gasteiger partial charge in [0.2, 0.25) is 6.04 Å². The number of benzene rings is 1. The van der Waals surface area contributed by atoms with E-state index in [4.69, 9.17) is 0 Å². The van der Waals surface area contributed by atoms with Crippen LogP contribution in [0.3, 0.4) is 0 Å². The number of nitrogens with zero attached hydrogens (tertiary/aromatic N) is 2. The van der Waals surface area contributed by atoms with E-state index in [2.05, 4.69) is 0 Å². The summed E-state index contributed by atoms with van der Waals surface area (Å²) in [4.78, 5) is 12.1. The smallest absolute Gasteiger partial charge is 0.233 e. The van der Waals surface area contributed by atoms with Crippen LogP contribution in [0.1, 0.15) is 11.5 Å². The molecule has 17 heavy (non-hydrogen) atoms. The number of likely N-dealkylation sites (N-methyl/N-ethyl adjacent to an activating group) is 1. The molecule has 1 aliphatic heterocycles. The Bertz CT molecular complexity index is 433. The van der Waals surface area contributed by atoms with E-state index in [1.807, 2.05) is 0 Å². The maximum absolute atomic E-state index is 13.6. The van der Waals surface area contributed by atoms with Gasteiger partial charge in [-0.25, -0.2) is 8.78 Å². The van der Waals surface area contributed by atoms with Crippen LogP contribution in [-0.4, -0.2) is 36.0 Å². The van der Waals surface area contributed by atoms with Gasteiger partial charge in [-0.05, 0) is 19.2 Å². The maximum Gasteiger partial charge on any atom is 0.233 e. The predicted molar refractivity (Wildman–Crippen MR) is 57.4 cm³/mol. The molecule has 1 saturated heterocycles. The molecule has 2 atom stereocenters. The zero-order valence-corrected chi connectivity index (χ0v) is 9.27. The normalized spacial score (nSPS) is 25.1. The standard InChI is InChI=1S/C11H12F2N2O2/c1-14-5-7(10(6-14)15(16)17)11-8(12)3-2-4-9(11)13/h2-4,7,10H,5-6H2,1H3. The summed E-state index contributed by atoms with van der Waals surface area (Å²) >= 11 is 0. The topological polar surface area (TPSA) is 46.4 Å². The summed E-state index contributed by atoms with van der Waals surface area (Å²) in [6.07, 6.45) is 0. The highest BCUT2D eigenvalue weighted by molar-refractivity contribution is 5.26. The van der Waals surface area contributed by atoms with E-state index in [9.17, 15) is 18.9 Å². The molecule has 0 aliphatic carbocycles. The molecule has 1 aliphatic rings. The van der Waals surface area contributed by atoms with Crippen molar-refractivity contribution in [2.45, 2.75) is 12.0 Å². The molecule has 4 nitrogen and oxygen atoms in total. The van der Waals surface area contributed by atoms with Crippen molar-refractivity contribution in [3.05, 3.63) is 45.5 Å². The van der Waals surface area contributed by atoms with Gasteiger partial charge in [-0.3, -0.25) is 15.0 Å². The fourth-order valence-corrected chi connectivity index (χ4v) is 2.34. The quantitative estimate of drug-likeness (QED) is 0.585. The van der Waals surface area contributed by atoms with E-state index in [0.29, 0.717) is 6.54 Å². The van der Waals surface area contributed by atoms with E-state index in [1.165, 1.54) is 6.07 Å². The lowest BCUT2D eigenvalue weighted by Gasteiger charge is -2.14. The summed E-state index contributed by atoms with van der Waals surface area (Å²) in [7, 11) is 1.70. The van der Waals surface area contributed by atoms with Gasteiger partial charge < -0.3 is 0 Å². The highest BCUT2D eigenvalue weighted by Gasteiger charge is 2.42. The van der Waals surface area contributed by atoms with Crippen LogP contribution >= 0.6 is 0 Å². The van der Waals surface area contributed by atoms with Gasteiger partial charge in [0.15, 0.2) is 0 Å². The number of rotatable bonds is 2. The highest BCUT2D eigenvalue weighted by Crippen LogP contribution is 2.32. The predicted octanol–water partition coefficient (Wildman–Crippen LogP) is 1.64. The Kier molecular flexibility index (Phi) is 3.06. The average Bonchev–Trinajstić information content (AvgIpc) is 2.60. The lowest BCUT2D eigenvalue weighted by molar-refractivity contribution is -0.521. The van der Waals surface area contributed by atoms with Crippen molar-refractivity contribution < 1.29 is 13.7 Å². The third-order valence-corrected chi connectivity index (χ3v) is 3.11. The summed E-state index contributed by atoms with van der Waals surface area (Å²) in [5.41, 5.74) is -0.168. The molecule has 2 unspecified atom stereocenters. The second kappa shape index (κ2) is 4.37. The summed E-state index contributed by atoms with van der Waals surface area (Å²) in [5, 5.41) is 10.9. The number of halogens is 2. The van der Waals surface area contributed by atoms with Gasteiger partial charge in [-0.15, -0.1) is 0 Å². The number of likely N-dealkylation sites (tertiary alicyclic amines) is 1. The Hall–Kier alpha value is -1.56. The van der Waals surface area contributed by atoms with Crippen LogP contribution in [0.5, 0.6) is 0 Å². The third kappa shape index (κ3) is 2.12. The van der Waals surface area contributed by atoms with Crippen LogP contribution in [0, 0.1) is 21.7 Å². The lowest BCUT2D eigenvalue weighted by atomic mass is 9.94. The molecule has 6 heteroatoms. The van der Waals surface area contributed by atoms with Crippen molar-refractivity contribution in [3.8, 4) is 0 Å². The minimum Gasteiger partial charge on any atom is -0.299 e. The molecule has 0 saturated carbocycles. The van der Waals surface area contributed by atoms with E-state index in [-0.39, 0.29) is 12.1 Å². The van der Waals surface area contributed by atoms with Gasteiger partial charge >= 0.3 is 0 Å². The summed E-state index contributed by atoms with van der Waals surface area (Å²) < 4.78 is 27.2. The number of nitro groups is 1. The molecule has 1 aromatic rings. The SMILES string of the molecule is CN1CC(c2c(F)cccc2F)C([N+](=O)[O-])C1. The Morgan fingerprint density at radius 3 is 2.47 bits per heavy atom. The van der Waals surface area contributed by atoms with Gasteiger partial charge in [-0.1, -0.05) is 6.07 Å². The molecular formula is C11H12F2N2O2. The zero-order chi connectivity index (χ0) is 12.6. The molecule has 0 spiro atoms. The molecule has 0 bridgehead atoms. The fraction of sp³-hybridized carbons (Fsp3) is 0.455. The summed E-state index contributed by atoms with van der Waals surface area (Å²) in [6, 6.07) is 2.57. The molecule has 92 valence electrons. The molecule has 0 radical (unpaired) electrons. The largest absolute Gasteiger partial charge is 0.299 e. The lowest BCUT2D eigenvalue weighted by Crippen LogP contribution is -2.28. The van der Waals surface area contributed by atoms with Gasteiger partial charge in [-0.2, -0.15) is 0 Å². The van der Waals surface area contributed by atoms with Gasteiger partial charge in [0.1, 0.15) is 11.6 Å². The average molecular weight is 242 g/mol. The minimum absolute atomic E-state index is 0.168. The van der Waals surface area contributed by atoms with Crippen LogP contribution in [0.25, 0.3) is 0 Å². The second-order valence-corrected chi connectivity index (χ2v) is 4.32. The molecule has 0 amide bonds. The van der Waals surface area contributed by atoms with E-state index in [1.54, 1.807) is 11.9 Å². The van der Waals surface area contributed by atoms with Crippen molar-refractivity contribution in [1.82, 2.24) is 4.90 Å². The van der Waals surface area contributed by atoms with Crippen molar-refractivity contribution in [1.29, 1.82) is 0 Å². The van der Waals surface area contributed by atoms with Crippen LogP contribution < -0.4 is 0 Å². The first-order valence-electron chi connectivity index (χ1n) is 5.26.